The molecule has 0 fully saturated rings. The van der Waals surface area contributed by atoms with Crippen LogP contribution in [0.2, 0.25) is 0 Å². The second-order valence-electron chi connectivity index (χ2n) is 3.28. The number of rotatable bonds is 5. The van der Waals surface area contributed by atoms with Crippen LogP contribution in [0, 0.1) is 0 Å². The SMILES string of the molecule is CCNc1cccc(NCc2ccon2)n1. The molecular weight excluding hydrogens is 204 g/mol. The number of hydrogen-bond donors (Lipinski definition) is 2. The summed E-state index contributed by atoms with van der Waals surface area (Å²) < 4.78 is 4.74. The molecule has 2 aromatic rings. The second-order valence-corrected chi connectivity index (χ2v) is 3.28. The van der Waals surface area contributed by atoms with Crippen molar-refractivity contribution < 1.29 is 4.52 Å². The van der Waals surface area contributed by atoms with Crippen molar-refractivity contribution in [1.82, 2.24) is 10.1 Å². The van der Waals surface area contributed by atoms with Gasteiger partial charge < -0.3 is 15.2 Å². The van der Waals surface area contributed by atoms with E-state index in [-0.39, 0.29) is 0 Å². The van der Waals surface area contributed by atoms with E-state index in [0.717, 1.165) is 23.9 Å². The van der Waals surface area contributed by atoms with Crippen LogP contribution in [0.25, 0.3) is 0 Å². The average Bonchev–Trinajstić information content (AvgIpc) is 2.80. The standard InChI is InChI=1S/C11H14N4O/c1-2-12-10-4-3-5-11(14-10)13-8-9-6-7-16-15-9/h3-7H,2,8H2,1H3,(H2,12,13,14). The van der Waals surface area contributed by atoms with Crippen LogP contribution in [0.1, 0.15) is 12.6 Å². The molecule has 2 N–H and O–H groups in total. The van der Waals surface area contributed by atoms with Gasteiger partial charge in [0.2, 0.25) is 0 Å². The summed E-state index contributed by atoms with van der Waals surface area (Å²) in [6, 6.07) is 7.63. The van der Waals surface area contributed by atoms with Gasteiger partial charge in [0, 0.05) is 12.6 Å². The Morgan fingerprint density at radius 1 is 1.19 bits per heavy atom. The summed E-state index contributed by atoms with van der Waals surface area (Å²) in [6.45, 7) is 3.51. The van der Waals surface area contributed by atoms with Crippen LogP contribution in [0.4, 0.5) is 11.6 Å². The fourth-order valence-corrected chi connectivity index (χ4v) is 1.32. The summed E-state index contributed by atoms with van der Waals surface area (Å²) in [6.07, 6.45) is 1.56. The summed E-state index contributed by atoms with van der Waals surface area (Å²) in [5.41, 5.74) is 0.857. The Bertz CT molecular complexity index is 427. The molecule has 84 valence electrons. The van der Waals surface area contributed by atoms with E-state index in [1.165, 1.54) is 0 Å². The molecule has 5 nitrogen and oxygen atoms in total. The maximum absolute atomic E-state index is 4.74. The highest BCUT2D eigenvalue weighted by Crippen LogP contribution is 2.09. The molecule has 2 rings (SSSR count). The Morgan fingerprint density at radius 3 is 2.69 bits per heavy atom. The molecule has 0 saturated carbocycles. The van der Waals surface area contributed by atoms with E-state index < -0.39 is 0 Å². The number of anilines is 2. The minimum Gasteiger partial charge on any atom is -0.370 e. The first-order chi connectivity index (χ1) is 7.88. The number of hydrogen-bond acceptors (Lipinski definition) is 5. The molecule has 0 amide bonds. The Hall–Kier alpha value is -2.04. The fraction of sp³-hybridized carbons (Fsp3) is 0.273. The van der Waals surface area contributed by atoms with Crippen LogP contribution >= 0.6 is 0 Å². The normalized spacial score (nSPS) is 10.1. The smallest absolute Gasteiger partial charge is 0.128 e. The molecule has 0 spiro atoms. The summed E-state index contributed by atoms with van der Waals surface area (Å²) in [5.74, 6) is 1.69. The van der Waals surface area contributed by atoms with Crippen molar-refractivity contribution >= 4 is 11.6 Å². The molecule has 2 aromatic heterocycles. The van der Waals surface area contributed by atoms with Crippen LogP contribution in [0.5, 0.6) is 0 Å². The van der Waals surface area contributed by atoms with Gasteiger partial charge in [-0.25, -0.2) is 4.98 Å². The van der Waals surface area contributed by atoms with Crippen molar-refractivity contribution in [3.05, 3.63) is 36.2 Å². The average molecular weight is 218 g/mol. The third-order valence-electron chi connectivity index (χ3n) is 2.05. The molecule has 5 heteroatoms. The van der Waals surface area contributed by atoms with Crippen molar-refractivity contribution in [2.45, 2.75) is 13.5 Å². The Balaban J connectivity index is 1.96. The topological polar surface area (TPSA) is 63.0 Å². The molecule has 0 aliphatic rings. The largest absolute Gasteiger partial charge is 0.370 e. The van der Waals surface area contributed by atoms with Crippen molar-refractivity contribution in [3.63, 3.8) is 0 Å². The minimum atomic E-state index is 0.610. The predicted octanol–water partition coefficient (Wildman–Crippen LogP) is 2.11. The zero-order valence-corrected chi connectivity index (χ0v) is 9.10. The van der Waals surface area contributed by atoms with Gasteiger partial charge in [-0.3, -0.25) is 0 Å². The molecule has 0 aromatic carbocycles. The lowest BCUT2D eigenvalue weighted by Gasteiger charge is -2.06. The molecule has 0 aliphatic heterocycles. The van der Waals surface area contributed by atoms with Crippen LogP contribution < -0.4 is 10.6 Å². The number of pyridine rings is 1. The molecule has 0 atom stereocenters. The van der Waals surface area contributed by atoms with Crippen LogP contribution in [0.3, 0.4) is 0 Å². The number of aromatic nitrogens is 2. The second kappa shape index (κ2) is 5.16. The van der Waals surface area contributed by atoms with E-state index >= 15 is 0 Å². The van der Waals surface area contributed by atoms with Gasteiger partial charge >= 0.3 is 0 Å². The predicted molar refractivity (Wildman–Crippen MR) is 62.2 cm³/mol. The molecule has 0 saturated heterocycles. The molecule has 0 aliphatic carbocycles. The van der Waals surface area contributed by atoms with Crippen molar-refractivity contribution in [1.29, 1.82) is 0 Å². The first-order valence-corrected chi connectivity index (χ1v) is 5.22. The molecular formula is C11H14N4O. The molecule has 16 heavy (non-hydrogen) atoms. The van der Waals surface area contributed by atoms with Crippen LogP contribution in [-0.4, -0.2) is 16.7 Å². The van der Waals surface area contributed by atoms with Gasteiger partial charge in [0.25, 0.3) is 0 Å². The molecule has 0 bridgehead atoms. The van der Waals surface area contributed by atoms with Gasteiger partial charge in [0.05, 0.1) is 6.54 Å². The van der Waals surface area contributed by atoms with E-state index in [2.05, 4.69) is 20.8 Å². The Morgan fingerprint density at radius 2 is 2.00 bits per heavy atom. The van der Waals surface area contributed by atoms with Crippen LogP contribution in [0.15, 0.2) is 35.1 Å². The molecule has 2 heterocycles. The van der Waals surface area contributed by atoms with E-state index in [9.17, 15) is 0 Å². The monoisotopic (exact) mass is 218 g/mol. The van der Waals surface area contributed by atoms with Gasteiger partial charge in [-0.05, 0) is 19.1 Å². The summed E-state index contributed by atoms with van der Waals surface area (Å²) in [7, 11) is 0. The summed E-state index contributed by atoms with van der Waals surface area (Å²) >= 11 is 0. The zero-order valence-electron chi connectivity index (χ0n) is 9.10. The third-order valence-corrected chi connectivity index (χ3v) is 2.05. The number of nitrogens with one attached hydrogen (secondary N) is 2. The third kappa shape index (κ3) is 2.73. The van der Waals surface area contributed by atoms with Gasteiger partial charge in [0.1, 0.15) is 23.6 Å². The van der Waals surface area contributed by atoms with Gasteiger partial charge in [-0.1, -0.05) is 11.2 Å². The van der Waals surface area contributed by atoms with E-state index in [1.807, 2.05) is 31.2 Å². The van der Waals surface area contributed by atoms with E-state index in [1.54, 1.807) is 6.26 Å². The summed E-state index contributed by atoms with van der Waals surface area (Å²) in [5, 5.41) is 10.1. The highest BCUT2D eigenvalue weighted by molar-refractivity contribution is 5.45. The van der Waals surface area contributed by atoms with Gasteiger partial charge in [-0.2, -0.15) is 0 Å². The van der Waals surface area contributed by atoms with Gasteiger partial charge in [-0.15, -0.1) is 0 Å². The summed E-state index contributed by atoms with van der Waals surface area (Å²) in [4.78, 5) is 4.38. The van der Waals surface area contributed by atoms with Crippen LogP contribution in [-0.2, 0) is 6.54 Å². The molecule has 0 radical (unpaired) electrons. The lowest BCUT2D eigenvalue weighted by Crippen LogP contribution is -2.04. The Kier molecular flexibility index (Phi) is 3.38. The number of nitrogens with zero attached hydrogens (tertiary/aromatic N) is 2. The van der Waals surface area contributed by atoms with E-state index in [0.29, 0.717) is 6.54 Å². The first kappa shape index (κ1) is 10.5. The zero-order chi connectivity index (χ0) is 11.2. The quantitative estimate of drug-likeness (QED) is 0.804. The highest BCUT2D eigenvalue weighted by Gasteiger charge is 1.98. The fourth-order valence-electron chi connectivity index (χ4n) is 1.32. The Labute approximate surface area is 93.9 Å². The first-order valence-electron chi connectivity index (χ1n) is 5.22. The lowest BCUT2D eigenvalue weighted by molar-refractivity contribution is 0.412. The minimum absolute atomic E-state index is 0.610. The maximum atomic E-state index is 4.74. The van der Waals surface area contributed by atoms with Gasteiger partial charge in [0.15, 0.2) is 0 Å². The van der Waals surface area contributed by atoms with E-state index in [4.69, 9.17) is 4.52 Å². The van der Waals surface area contributed by atoms with Crippen molar-refractivity contribution in [3.8, 4) is 0 Å². The van der Waals surface area contributed by atoms with Crippen molar-refractivity contribution in [2.24, 2.45) is 0 Å². The highest BCUT2D eigenvalue weighted by atomic mass is 16.5. The molecule has 0 unspecified atom stereocenters. The lowest BCUT2D eigenvalue weighted by atomic mass is 10.4. The maximum Gasteiger partial charge on any atom is 0.128 e. The van der Waals surface area contributed by atoms with Crippen molar-refractivity contribution in [2.75, 3.05) is 17.2 Å².